The normalized spacial score (nSPS) is 26.4. The highest BCUT2D eigenvalue weighted by Gasteiger charge is 2.31. The van der Waals surface area contributed by atoms with Gasteiger partial charge in [-0.3, -0.25) is 4.79 Å². The standard InChI is InChI=1S/C18H25FN2O/c1-13(14-2-4-17(19)5-3-14)10-18(22)21-8-6-15-11-20-12-16(15)7-9-21/h2-5,13,15-16,20H,6-12H2,1H3/t13?,15-,16+. The van der Waals surface area contributed by atoms with Gasteiger partial charge in [0.1, 0.15) is 5.82 Å². The van der Waals surface area contributed by atoms with E-state index in [0.29, 0.717) is 6.42 Å². The number of carbonyl (C=O) groups excluding carboxylic acids is 1. The average molecular weight is 304 g/mol. The van der Waals surface area contributed by atoms with Crippen LogP contribution in [0.25, 0.3) is 0 Å². The number of benzene rings is 1. The predicted molar refractivity (Wildman–Crippen MR) is 85.1 cm³/mol. The average Bonchev–Trinajstić information content (AvgIpc) is 2.86. The Morgan fingerprint density at radius 2 is 1.82 bits per heavy atom. The number of likely N-dealkylation sites (tertiary alicyclic amines) is 1. The third-order valence-electron chi connectivity index (χ3n) is 5.29. The van der Waals surface area contributed by atoms with Gasteiger partial charge in [-0.25, -0.2) is 4.39 Å². The zero-order chi connectivity index (χ0) is 15.5. The lowest BCUT2D eigenvalue weighted by molar-refractivity contribution is -0.131. The minimum absolute atomic E-state index is 0.137. The SMILES string of the molecule is CC(CC(=O)N1CC[C@@H]2CNC[C@@H]2CC1)c1ccc(F)cc1. The summed E-state index contributed by atoms with van der Waals surface area (Å²) in [6, 6.07) is 6.50. The molecule has 2 heterocycles. The summed E-state index contributed by atoms with van der Waals surface area (Å²) in [5, 5.41) is 3.46. The molecule has 0 aromatic heterocycles. The lowest BCUT2D eigenvalue weighted by atomic mass is 9.92. The van der Waals surface area contributed by atoms with Crippen LogP contribution >= 0.6 is 0 Å². The van der Waals surface area contributed by atoms with Gasteiger partial charge in [0, 0.05) is 19.5 Å². The number of carbonyl (C=O) groups is 1. The quantitative estimate of drug-likeness (QED) is 0.931. The van der Waals surface area contributed by atoms with Crippen molar-refractivity contribution in [1.29, 1.82) is 0 Å². The fourth-order valence-corrected chi connectivity index (χ4v) is 3.77. The summed E-state index contributed by atoms with van der Waals surface area (Å²) in [6.07, 6.45) is 2.75. The Hall–Kier alpha value is -1.42. The van der Waals surface area contributed by atoms with Gasteiger partial charge < -0.3 is 10.2 Å². The van der Waals surface area contributed by atoms with Crippen LogP contribution in [-0.2, 0) is 4.79 Å². The highest BCUT2D eigenvalue weighted by atomic mass is 19.1. The highest BCUT2D eigenvalue weighted by Crippen LogP contribution is 2.28. The summed E-state index contributed by atoms with van der Waals surface area (Å²) in [4.78, 5) is 14.6. The van der Waals surface area contributed by atoms with Gasteiger partial charge in [0.05, 0.1) is 0 Å². The van der Waals surface area contributed by atoms with Crippen molar-refractivity contribution in [3.05, 3.63) is 35.6 Å². The van der Waals surface area contributed by atoms with Gasteiger partial charge in [0.2, 0.25) is 5.91 Å². The molecule has 3 nitrogen and oxygen atoms in total. The Balaban J connectivity index is 1.56. The number of amides is 1. The lowest BCUT2D eigenvalue weighted by Gasteiger charge is -2.23. The summed E-state index contributed by atoms with van der Waals surface area (Å²) in [6.45, 7) is 6.04. The van der Waals surface area contributed by atoms with Crippen molar-refractivity contribution in [2.45, 2.75) is 32.1 Å². The van der Waals surface area contributed by atoms with Crippen LogP contribution in [0.2, 0.25) is 0 Å². The topological polar surface area (TPSA) is 32.3 Å². The smallest absolute Gasteiger partial charge is 0.223 e. The number of rotatable bonds is 3. The number of fused-ring (bicyclic) bond motifs is 1. The molecule has 1 N–H and O–H groups in total. The molecule has 1 aromatic carbocycles. The summed E-state index contributed by atoms with van der Waals surface area (Å²) in [5.41, 5.74) is 1.03. The van der Waals surface area contributed by atoms with E-state index in [1.165, 1.54) is 12.1 Å². The van der Waals surface area contributed by atoms with E-state index in [4.69, 9.17) is 0 Å². The van der Waals surface area contributed by atoms with Crippen LogP contribution in [0.5, 0.6) is 0 Å². The minimum Gasteiger partial charge on any atom is -0.343 e. The summed E-state index contributed by atoms with van der Waals surface area (Å²) < 4.78 is 13.0. The van der Waals surface area contributed by atoms with Gasteiger partial charge in [-0.05, 0) is 61.4 Å². The largest absolute Gasteiger partial charge is 0.343 e. The molecule has 0 aliphatic carbocycles. The number of hydrogen-bond acceptors (Lipinski definition) is 2. The summed E-state index contributed by atoms with van der Waals surface area (Å²) in [7, 11) is 0. The molecule has 0 saturated carbocycles. The van der Waals surface area contributed by atoms with Crippen LogP contribution in [0.1, 0.15) is 37.7 Å². The maximum atomic E-state index is 13.0. The molecule has 4 heteroatoms. The second-order valence-corrected chi connectivity index (χ2v) is 6.79. The molecule has 1 aromatic rings. The van der Waals surface area contributed by atoms with E-state index < -0.39 is 0 Å². The summed E-state index contributed by atoms with van der Waals surface area (Å²) >= 11 is 0. The molecule has 0 bridgehead atoms. The van der Waals surface area contributed by atoms with Crippen LogP contribution in [0.3, 0.4) is 0 Å². The van der Waals surface area contributed by atoms with Crippen molar-refractivity contribution in [3.63, 3.8) is 0 Å². The molecule has 1 unspecified atom stereocenters. The number of hydrogen-bond donors (Lipinski definition) is 1. The van der Waals surface area contributed by atoms with Crippen LogP contribution in [0.15, 0.2) is 24.3 Å². The zero-order valence-corrected chi connectivity index (χ0v) is 13.2. The van der Waals surface area contributed by atoms with Crippen molar-refractivity contribution in [3.8, 4) is 0 Å². The van der Waals surface area contributed by atoms with Gasteiger partial charge in [0.15, 0.2) is 0 Å². The van der Waals surface area contributed by atoms with E-state index >= 15 is 0 Å². The van der Waals surface area contributed by atoms with Crippen molar-refractivity contribution in [2.75, 3.05) is 26.2 Å². The van der Waals surface area contributed by atoms with Crippen LogP contribution in [0, 0.1) is 17.7 Å². The Kier molecular flexibility index (Phi) is 4.77. The van der Waals surface area contributed by atoms with E-state index in [1.807, 2.05) is 11.8 Å². The Morgan fingerprint density at radius 1 is 1.23 bits per heavy atom. The van der Waals surface area contributed by atoms with Crippen molar-refractivity contribution >= 4 is 5.91 Å². The molecule has 2 saturated heterocycles. The zero-order valence-electron chi connectivity index (χ0n) is 13.2. The molecular weight excluding hydrogens is 279 g/mol. The van der Waals surface area contributed by atoms with E-state index in [-0.39, 0.29) is 17.6 Å². The Bertz CT molecular complexity index is 502. The third kappa shape index (κ3) is 3.49. The second kappa shape index (κ2) is 6.78. The van der Waals surface area contributed by atoms with Gasteiger partial charge in [0.25, 0.3) is 0 Å². The maximum Gasteiger partial charge on any atom is 0.223 e. The van der Waals surface area contributed by atoms with Crippen LogP contribution in [-0.4, -0.2) is 37.0 Å². The predicted octanol–water partition coefficient (Wildman–Crippen LogP) is 2.78. The first kappa shape index (κ1) is 15.5. The molecule has 2 aliphatic rings. The van der Waals surface area contributed by atoms with Gasteiger partial charge >= 0.3 is 0 Å². The third-order valence-corrected chi connectivity index (χ3v) is 5.29. The minimum atomic E-state index is -0.227. The Morgan fingerprint density at radius 3 is 2.41 bits per heavy atom. The lowest BCUT2D eigenvalue weighted by Crippen LogP contribution is -2.33. The van der Waals surface area contributed by atoms with E-state index in [1.54, 1.807) is 12.1 Å². The molecule has 0 radical (unpaired) electrons. The van der Waals surface area contributed by atoms with Crippen LogP contribution < -0.4 is 5.32 Å². The maximum absolute atomic E-state index is 13.0. The van der Waals surface area contributed by atoms with Gasteiger partial charge in [-0.15, -0.1) is 0 Å². The van der Waals surface area contributed by atoms with Crippen molar-refractivity contribution in [1.82, 2.24) is 10.2 Å². The van der Waals surface area contributed by atoms with Gasteiger partial charge in [-0.1, -0.05) is 19.1 Å². The fraction of sp³-hybridized carbons (Fsp3) is 0.611. The molecule has 1 amide bonds. The Labute approximate surface area is 131 Å². The van der Waals surface area contributed by atoms with Gasteiger partial charge in [-0.2, -0.15) is 0 Å². The van der Waals surface area contributed by atoms with E-state index in [0.717, 1.165) is 56.4 Å². The second-order valence-electron chi connectivity index (χ2n) is 6.79. The molecule has 3 rings (SSSR count). The monoisotopic (exact) mass is 304 g/mol. The molecule has 22 heavy (non-hydrogen) atoms. The molecule has 120 valence electrons. The first-order chi connectivity index (χ1) is 10.6. The van der Waals surface area contributed by atoms with E-state index in [9.17, 15) is 9.18 Å². The van der Waals surface area contributed by atoms with Crippen molar-refractivity contribution in [2.24, 2.45) is 11.8 Å². The summed E-state index contributed by atoms with van der Waals surface area (Å²) in [5.74, 6) is 1.64. The fourth-order valence-electron chi connectivity index (χ4n) is 3.77. The first-order valence-corrected chi connectivity index (χ1v) is 8.37. The molecule has 3 atom stereocenters. The number of nitrogens with zero attached hydrogens (tertiary/aromatic N) is 1. The van der Waals surface area contributed by atoms with Crippen LogP contribution in [0.4, 0.5) is 4.39 Å². The molecule has 2 aliphatic heterocycles. The van der Waals surface area contributed by atoms with E-state index in [2.05, 4.69) is 5.32 Å². The number of halogens is 1. The van der Waals surface area contributed by atoms with Crippen molar-refractivity contribution < 1.29 is 9.18 Å². The molecule has 2 fully saturated rings. The molecule has 0 spiro atoms. The first-order valence-electron chi connectivity index (χ1n) is 8.37. The molecular formula is C18H25FN2O. The highest BCUT2D eigenvalue weighted by molar-refractivity contribution is 5.77. The number of nitrogens with one attached hydrogen (secondary N) is 1.